The van der Waals surface area contributed by atoms with Crippen molar-refractivity contribution >= 4 is 27.4 Å². The number of fused-ring (bicyclic) bond motifs is 2. The molecule has 6 nitrogen and oxygen atoms in total. The number of hydrogen-bond acceptors (Lipinski definition) is 6. The third kappa shape index (κ3) is 3.29. The average molecular weight is 405 g/mol. The van der Waals surface area contributed by atoms with Gasteiger partial charge in [-0.2, -0.15) is 0 Å². The van der Waals surface area contributed by atoms with Gasteiger partial charge in [-0.25, -0.2) is 9.97 Å². The van der Waals surface area contributed by atoms with Crippen LogP contribution in [0.15, 0.2) is 36.4 Å². The number of anilines is 1. The Bertz CT molecular complexity index is 1160. The van der Waals surface area contributed by atoms with E-state index in [-0.39, 0.29) is 6.04 Å². The predicted molar refractivity (Wildman–Crippen MR) is 117 cm³/mol. The number of nitrogens with one attached hydrogen (secondary N) is 1. The molecular formula is C22H24N6S. The predicted octanol–water partition coefficient (Wildman–Crippen LogP) is 5.01. The number of hydrogen-bond donors (Lipinski definition) is 1. The minimum atomic E-state index is 0.0481. The lowest BCUT2D eigenvalue weighted by Crippen LogP contribution is -2.22. The van der Waals surface area contributed by atoms with Crippen molar-refractivity contribution < 1.29 is 0 Å². The van der Waals surface area contributed by atoms with Gasteiger partial charge < -0.3 is 9.88 Å². The van der Waals surface area contributed by atoms with Crippen LogP contribution in [-0.4, -0.2) is 24.7 Å². The lowest BCUT2D eigenvalue weighted by molar-refractivity contribution is 0.495. The van der Waals surface area contributed by atoms with Gasteiger partial charge in [-0.3, -0.25) is 0 Å². The summed E-state index contributed by atoms with van der Waals surface area (Å²) < 4.78 is 2.27. The maximum absolute atomic E-state index is 4.76. The third-order valence-corrected chi connectivity index (χ3v) is 6.52. The molecule has 29 heavy (non-hydrogen) atoms. The highest BCUT2D eigenvalue weighted by molar-refractivity contribution is 7.21. The zero-order chi connectivity index (χ0) is 20.0. The molecule has 0 saturated heterocycles. The summed E-state index contributed by atoms with van der Waals surface area (Å²) >= 11 is 1.71. The lowest BCUT2D eigenvalue weighted by atomic mass is 10.0. The number of aromatic nitrogens is 5. The molecule has 0 bridgehead atoms. The zero-order valence-electron chi connectivity index (χ0n) is 16.9. The second kappa shape index (κ2) is 7.22. The van der Waals surface area contributed by atoms with E-state index < -0.39 is 0 Å². The van der Waals surface area contributed by atoms with Gasteiger partial charge in [-0.15, -0.1) is 21.5 Å². The third-order valence-electron chi connectivity index (χ3n) is 5.44. The normalized spacial score (nSPS) is 14.5. The van der Waals surface area contributed by atoms with E-state index >= 15 is 0 Å². The molecule has 0 amide bonds. The van der Waals surface area contributed by atoms with E-state index in [1.54, 1.807) is 11.3 Å². The molecule has 4 aromatic rings. The van der Waals surface area contributed by atoms with Crippen molar-refractivity contribution in [3.05, 3.63) is 53.9 Å². The van der Waals surface area contributed by atoms with E-state index in [2.05, 4.69) is 69.2 Å². The molecule has 0 aliphatic carbocycles. The first-order chi connectivity index (χ1) is 14.1. The Balaban J connectivity index is 1.57. The SMILES string of the molecule is Cc1nc(NC(c2nnc3n2CCC3)C(C)C)c2cc(-c3ccccc3)sc2n1. The highest BCUT2D eigenvalue weighted by Gasteiger charge is 2.27. The molecular weight excluding hydrogens is 380 g/mol. The smallest absolute Gasteiger partial charge is 0.155 e. The molecule has 0 fully saturated rings. The molecule has 0 saturated carbocycles. The molecule has 0 spiro atoms. The van der Waals surface area contributed by atoms with E-state index in [0.717, 1.165) is 52.9 Å². The first-order valence-electron chi connectivity index (χ1n) is 10.1. The average Bonchev–Trinajstić information content (AvgIpc) is 3.42. The van der Waals surface area contributed by atoms with Crippen LogP contribution in [0.2, 0.25) is 0 Å². The highest BCUT2D eigenvalue weighted by atomic mass is 32.1. The topological polar surface area (TPSA) is 68.5 Å². The summed E-state index contributed by atoms with van der Waals surface area (Å²) in [6.07, 6.45) is 2.16. The van der Waals surface area contributed by atoms with E-state index in [1.165, 1.54) is 10.4 Å². The fourth-order valence-corrected chi connectivity index (χ4v) is 5.04. The van der Waals surface area contributed by atoms with Crippen LogP contribution in [0.3, 0.4) is 0 Å². The van der Waals surface area contributed by atoms with Crippen molar-refractivity contribution in [2.75, 3.05) is 5.32 Å². The summed E-state index contributed by atoms with van der Waals surface area (Å²) in [4.78, 5) is 11.7. The van der Waals surface area contributed by atoms with E-state index in [0.29, 0.717) is 5.92 Å². The summed E-state index contributed by atoms with van der Waals surface area (Å²) in [6, 6.07) is 12.7. The summed E-state index contributed by atoms with van der Waals surface area (Å²) in [5.41, 5.74) is 1.20. The monoisotopic (exact) mass is 404 g/mol. The van der Waals surface area contributed by atoms with Crippen molar-refractivity contribution in [2.24, 2.45) is 5.92 Å². The van der Waals surface area contributed by atoms with E-state index in [9.17, 15) is 0 Å². The summed E-state index contributed by atoms with van der Waals surface area (Å²) in [5.74, 6) is 4.10. The van der Waals surface area contributed by atoms with Crippen LogP contribution in [0.4, 0.5) is 5.82 Å². The number of aryl methyl sites for hydroxylation is 2. The van der Waals surface area contributed by atoms with Crippen LogP contribution in [-0.2, 0) is 13.0 Å². The van der Waals surface area contributed by atoms with Crippen LogP contribution in [0.5, 0.6) is 0 Å². The van der Waals surface area contributed by atoms with Crippen LogP contribution >= 0.6 is 11.3 Å². The van der Waals surface area contributed by atoms with Gasteiger partial charge in [-0.05, 0) is 30.9 Å². The van der Waals surface area contributed by atoms with Gasteiger partial charge in [0.1, 0.15) is 22.3 Å². The Labute approximate surface area is 174 Å². The molecule has 1 aliphatic rings. The maximum atomic E-state index is 4.76. The number of benzene rings is 1. The van der Waals surface area contributed by atoms with Gasteiger partial charge in [0, 0.05) is 17.8 Å². The molecule has 0 radical (unpaired) electrons. The molecule has 3 aromatic heterocycles. The van der Waals surface area contributed by atoms with Gasteiger partial charge in [0.2, 0.25) is 0 Å². The molecule has 5 rings (SSSR count). The van der Waals surface area contributed by atoms with Crippen molar-refractivity contribution in [3.8, 4) is 10.4 Å². The van der Waals surface area contributed by atoms with Crippen molar-refractivity contribution in [1.29, 1.82) is 0 Å². The largest absolute Gasteiger partial charge is 0.359 e. The molecule has 1 unspecified atom stereocenters. The molecule has 1 aliphatic heterocycles. The quantitative estimate of drug-likeness (QED) is 0.506. The number of rotatable bonds is 5. The van der Waals surface area contributed by atoms with E-state index in [4.69, 9.17) is 4.98 Å². The van der Waals surface area contributed by atoms with Crippen molar-refractivity contribution in [1.82, 2.24) is 24.7 Å². The van der Waals surface area contributed by atoms with Crippen LogP contribution in [0, 0.1) is 12.8 Å². The van der Waals surface area contributed by atoms with E-state index in [1.807, 2.05) is 13.0 Å². The summed E-state index contributed by atoms with van der Waals surface area (Å²) in [5, 5.41) is 13.7. The number of thiophene rings is 1. The first kappa shape index (κ1) is 18.2. The Hall–Kier alpha value is -2.80. The highest BCUT2D eigenvalue weighted by Crippen LogP contribution is 2.37. The number of nitrogens with zero attached hydrogens (tertiary/aromatic N) is 5. The van der Waals surface area contributed by atoms with Gasteiger partial charge >= 0.3 is 0 Å². The Morgan fingerprint density at radius 3 is 2.72 bits per heavy atom. The first-order valence-corrected chi connectivity index (χ1v) is 10.9. The maximum Gasteiger partial charge on any atom is 0.155 e. The van der Waals surface area contributed by atoms with Crippen LogP contribution in [0.25, 0.3) is 20.7 Å². The van der Waals surface area contributed by atoms with Gasteiger partial charge in [-0.1, -0.05) is 44.2 Å². The fraction of sp³-hybridized carbons (Fsp3) is 0.364. The fourth-order valence-electron chi connectivity index (χ4n) is 3.96. The molecule has 148 valence electrons. The molecule has 7 heteroatoms. The van der Waals surface area contributed by atoms with Crippen molar-refractivity contribution in [2.45, 2.75) is 46.2 Å². The van der Waals surface area contributed by atoms with Crippen LogP contribution < -0.4 is 5.32 Å². The Morgan fingerprint density at radius 2 is 1.93 bits per heavy atom. The second-order valence-corrected chi connectivity index (χ2v) is 8.94. The molecule has 4 heterocycles. The molecule has 1 atom stereocenters. The molecule has 1 N–H and O–H groups in total. The second-order valence-electron chi connectivity index (χ2n) is 7.91. The Morgan fingerprint density at radius 1 is 1.10 bits per heavy atom. The van der Waals surface area contributed by atoms with Gasteiger partial charge in [0.05, 0.1) is 11.4 Å². The van der Waals surface area contributed by atoms with Gasteiger partial charge in [0.25, 0.3) is 0 Å². The summed E-state index contributed by atoms with van der Waals surface area (Å²) in [7, 11) is 0. The zero-order valence-corrected chi connectivity index (χ0v) is 17.7. The van der Waals surface area contributed by atoms with Crippen molar-refractivity contribution in [3.63, 3.8) is 0 Å². The minimum absolute atomic E-state index is 0.0481. The minimum Gasteiger partial charge on any atom is -0.359 e. The van der Waals surface area contributed by atoms with Crippen LogP contribution in [0.1, 0.15) is 43.8 Å². The Kier molecular flexibility index (Phi) is 4.54. The molecule has 1 aromatic carbocycles. The van der Waals surface area contributed by atoms with Gasteiger partial charge in [0.15, 0.2) is 5.82 Å². The lowest BCUT2D eigenvalue weighted by Gasteiger charge is -2.23. The summed E-state index contributed by atoms with van der Waals surface area (Å²) in [6.45, 7) is 7.37. The standard InChI is InChI=1S/C22H24N6S/c1-13(2)19(21-27-26-18-10-7-11-28(18)21)25-20-16-12-17(15-8-5-4-6-9-15)29-22(16)24-14(3)23-20/h4-6,8-9,12-13,19H,7,10-11H2,1-3H3,(H,23,24,25).